The van der Waals surface area contributed by atoms with E-state index in [1.165, 1.54) is 6.42 Å². The van der Waals surface area contributed by atoms with Crippen molar-refractivity contribution in [3.8, 4) is 0 Å². The lowest BCUT2D eigenvalue weighted by atomic mass is 9.87. The molecule has 0 aromatic heterocycles. The molecule has 1 aliphatic carbocycles. The lowest BCUT2D eigenvalue weighted by Gasteiger charge is -2.34. The Hall–Kier alpha value is 0.150. The van der Waals surface area contributed by atoms with Gasteiger partial charge in [-0.2, -0.15) is 0 Å². The van der Waals surface area contributed by atoms with Crippen LogP contribution in [0.3, 0.4) is 0 Å². The van der Waals surface area contributed by atoms with Crippen molar-refractivity contribution in [3.05, 3.63) is 0 Å². The fourth-order valence-corrected chi connectivity index (χ4v) is 2.80. The zero-order valence-corrected chi connectivity index (χ0v) is 9.35. The topological polar surface area (TPSA) is 46.5 Å². The molecular formula is C9H19O3P. The van der Waals surface area contributed by atoms with Gasteiger partial charge in [0.1, 0.15) is 0 Å². The van der Waals surface area contributed by atoms with Crippen LogP contribution >= 0.6 is 7.60 Å². The Labute approximate surface area is 80.0 Å². The summed E-state index contributed by atoms with van der Waals surface area (Å²) >= 11 is 0. The summed E-state index contributed by atoms with van der Waals surface area (Å²) in [4.78, 5) is 9.37. The fourth-order valence-electron chi connectivity index (χ4n) is 1.80. The first-order chi connectivity index (χ1) is 5.97. The molecule has 0 aliphatic heterocycles. The first-order valence-corrected chi connectivity index (χ1v) is 6.76. The first-order valence-electron chi connectivity index (χ1n) is 5.00. The summed E-state index contributed by atoms with van der Waals surface area (Å²) in [5.41, 5.74) is -0.349. The Bertz CT molecular complexity index is 209. The highest BCUT2D eigenvalue weighted by molar-refractivity contribution is 7.52. The molecule has 1 aliphatic rings. The van der Waals surface area contributed by atoms with Crippen LogP contribution in [-0.4, -0.2) is 16.7 Å². The molecule has 1 unspecified atom stereocenters. The lowest BCUT2D eigenvalue weighted by Crippen LogP contribution is -2.30. The minimum absolute atomic E-state index is 0.211. The van der Waals surface area contributed by atoms with Crippen molar-refractivity contribution in [3.63, 3.8) is 0 Å². The Kier molecular flexibility index (Phi) is 3.56. The highest BCUT2D eigenvalue weighted by Gasteiger charge is 2.34. The molecule has 0 saturated heterocycles. The molecule has 0 radical (unpaired) electrons. The van der Waals surface area contributed by atoms with Gasteiger partial charge in [0.2, 0.25) is 0 Å². The van der Waals surface area contributed by atoms with Gasteiger partial charge in [-0.15, -0.1) is 0 Å². The van der Waals surface area contributed by atoms with Gasteiger partial charge in [0, 0.05) is 6.16 Å². The Morgan fingerprint density at radius 3 is 2.38 bits per heavy atom. The van der Waals surface area contributed by atoms with E-state index >= 15 is 0 Å². The fraction of sp³-hybridized carbons (Fsp3) is 1.00. The van der Waals surface area contributed by atoms with Gasteiger partial charge < -0.3 is 9.42 Å². The summed E-state index contributed by atoms with van der Waals surface area (Å²) in [7, 11) is -3.31. The molecule has 1 N–H and O–H groups in total. The Morgan fingerprint density at radius 1 is 1.38 bits per heavy atom. The van der Waals surface area contributed by atoms with Crippen molar-refractivity contribution in [1.82, 2.24) is 0 Å². The minimum Gasteiger partial charge on any atom is -0.324 e. The maximum atomic E-state index is 11.4. The van der Waals surface area contributed by atoms with E-state index in [-0.39, 0.29) is 11.8 Å². The van der Waals surface area contributed by atoms with Crippen LogP contribution < -0.4 is 0 Å². The summed E-state index contributed by atoms with van der Waals surface area (Å²) in [6.45, 7) is 3.64. The molecule has 1 atom stereocenters. The van der Waals surface area contributed by atoms with Crippen LogP contribution in [0.15, 0.2) is 0 Å². The van der Waals surface area contributed by atoms with Crippen LogP contribution in [0.2, 0.25) is 0 Å². The van der Waals surface area contributed by atoms with Gasteiger partial charge in [-0.3, -0.25) is 4.57 Å². The van der Waals surface area contributed by atoms with E-state index in [1.807, 2.05) is 6.92 Å². The number of hydrogen-bond donors (Lipinski definition) is 1. The Balaban J connectivity index is 2.55. The van der Waals surface area contributed by atoms with E-state index in [0.717, 1.165) is 25.7 Å². The van der Waals surface area contributed by atoms with Crippen molar-refractivity contribution < 1.29 is 14.0 Å². The van der Waals surface area contributed by atoms with E-state index in [0.29, 0.717) is 0 Å². The third-order valence-electron chi connectivity index (χ3n) is 2.67. The SMILES string of the molecule is CCP(=O)(O)OC1(C)CCCCC1. The summed E-state index contributed by atoms with van der Waals surface area (Å²) in [6.07, 6.45) is 5.49. The molecule has 1 saturated carbocycles. The second kappa shape index (κ2) is 4.12. The maximum Gasteiger partial charge on any atom is 0.328 e. The smallest absolute Gasteiger partial charge is 0.324 e. The van der Waals surface area contributed by atoms with E-state index < -0.39 is 7.60 Å². The maximum absolute atomic E-state index is 11.4. The van der Waals surface area contributed by atoms with Gasteiger partial charge in [0.05, 0.1) is 5.60 Å². The largest absolute Gasteiger partial charge is 0.328 e. The average Bonchev–Trinajstić information content (AvgIpc) is 2.04. The van der Waals surface area contributed by atoms with Crippen LogP contribution in [0.25, 0.3) is 0 Å². The molecule has 0 bridgehead atoms. The quantitative estimate of drug-likeness (QED) is 0.722. The summed E-state index contributed by atoms with van der Waals surface area (Å²) in [5, 5.41) is 0. The highest BCUT2D eigenvalue weighted by atomic mass is 31.2. The van der Waals surface area contributed by atoms with Gasteiger partial charge in [0.15, 0.2) is 0 Å². The van der Waals surface area contributed by atoms with Crippen molar-refractivity contribution in [1.29, 1.82) is 0 Å². The van der Waals surface area contributed by atoms with Gasteiger partial charge in [-0.1, -0.05) is 26.2 Å². The molecule has 0 spiro atoms. The van der Waals surface area contributed by atoms with Crippen molar-refractivity contribution >= 4 is 7.60 Å². The van der Waals surface area contributed by atoms with Crippen molar-refractivity contribution in [2.45, 2.75) is 51.6 Å². The zero-order valence-electron chi connectivity index (χ0n) is 8.45. The molecule has 0 aromatic rings. The number of hydrogen-bond acceptors (Lipinski definition) is 2. The first kappa shape index (κ1) is 11.2. The van der Waals surface area contributed by atoms with Crippen LogP contribution in [-0.2, 0) is 9.09 Å². The van der Waals surface area contributed by atoms with E-state index in [4.69, 9.17) is 4.52 Å². The third kappa shape index (κ3) is 3.41. The molecular weight excluding hydrogens is 187 g/mol. The van der Waals surface area contributed by atoms with Crippen molar-refractivity contribution in [2.24, 2.45) is 0 Å². The van der Waals surface area contributed by atoms with Gasteiger partial charge >= 0.3 is 7.60 Å². The summed E-state index contributed by atoms with van der Waals surface area (Å²) in [5.74, 6) is 0. The zero-order chi connectivity index (χ0) is 9.95. The monoisotopic (exact) mass is 206 g/mol. The predicted octanol–water partition coefficient (Wildman–Crippen LogP) is 2.93. The summed E-state index contributed by atoms with van der Waals surface area (Å²) < 4.78 is 16.7. The molecule has 0 amide bonds. The second-order valence-electron chi connectivity index (χ2n) is 4.06. The van der Waals surface area contributed by atoms with Gasteiger partial charge in [-0.25, -0.2) is 0 Å². The lowest BCUT2D eigenvalue weighted by molar-refractivity contribution is 0.0379. The van der Waals surface area contributed by atoms with Crippen LogP contribution in [0.5, 0.6) is 0 Å². The normalized spacial score (nSPS) is 26.7. The highest BCUT2D eigenvalue weighted by Crippen LogP contribution is 2.49. The van der Waals surface area contributed by atoms with E-state index in [2.05, 4.69) is 0 Å². The van der Waals surface area contributed by atoms with E-state index in [1.54, 1.807) is 6.92 Å². The standard InChI is InChI=1S/C9H19O3P/c1-3-13(10,11)12-9(2)7-5-4-6-8-9/h3-8H2,1-2H3,(H,10,11). The van der Waals surface area contributed by atoms with Crippen LogP contribution in [0, 0.1) is 0 Å². The van der Waals surface area contributed by atoms with Gasteiger partial charge in [-0.05, 0) is 19.8 Å². The second-order valence-corrected chi connectivity index (χ2v) is 6.15. The number of rotatable bonds is 3. The molecule has 0 aromatic carbocycles. The minimum atomic E-state index is -3.31. The molecule has 1 fully saturated rings. The van der Waals surface area contributed by atoms with Crippen LogP contribution in [0.1, 0.15) is 46.0 Å². The Morgan fingerprint density at radius 2 is 1.92 bits per heavy atom. The van der Waals surface area contributed by atoms with Crippen LogP contribution in [0.4, 0.5) is 0 Å². The predicted molar refractivity (Wildman–Crippen MR) is 52.9 cm³/mol. The third-order valence-corrected chi connectivity index (χ3v) is 4.20. The van der Waals surface area contributed by atoms with E-state index in [9.17, 15) is 9.46 Å². The molecule has 78 valence electrons. The van der Waals surface area contributed by atoms with Crippen molar-refractivity contribution in [2.75, 3.05) is 6.16 Å². The molecule has 13 heavy (non-hydrogen) atoms. The molecule has 4 heteroatoms. The average molecular weight is 206 g/mol. The molecule has 1 rings (SSSR count). The molecule has 0 heterocycles. The van der Waals surface area contributed by atoms with Gasteiger partial charge in [0.25, 0.3) is 0 Å². The summed E-state index contributed by atoms with van der Waals surface area (Å²) in [6, 6.07) is 0. The molecule has 3 nitrogen and oxygen atoms in total.